The summed E-state index contributed by atoms with van der Waals surface area (Å²) in [6, 6.07) is 2.50. The van der Waals surface area contributed by atoms with Crippen LogP contribution in [0.15, 0.2) is 11.8 Å². The van der Waals surface area contributed by atoms with Crippen molar-refractivity contribution >= 4 is 5.91 Å². The molecule has 0 aromatic carbocycles. The number of nitrogens with one attached hydrogen (secondary N) is 1. The van der Waals surface area contributed by atoms with Crippen LogP contribution in [0.25, 0.3) is 0 Å². The molecule has 0 aromatic heterocycles. The number of nitriles is 1. The molecule has 1 aliphatic carbocycles. The van der Waals surface area contributed by atoms with Crippen molar-refractivity contribution in [3.63, 3.8) is 0 Å². The van der Waals surface area contributed by atoms with E-state index in [9.17, 15) is 4.79 Å². The SMILES string of the molecule is CC(C)N/C=C(/C#N)C(=O)N(C)C1CCCCC1. The first kappa shape index (κ1) is 14.6. The summed E-state index contributed by atoms with van der Waals surface area (Å²) in [5.41, 5.74) is 0.191. The number of likely N-dealkylation sites (N-methyl/N-ethyl adjacent to an activating group) is 1. The van der Waals surface area contributed by atoms with Gasteiger partial charge in [-0.05, 0) is 26.7 Å². The molecule has 0 heterocycles. The van der Waals surface area contributed by atoms with Crippen molar-refractivity contribution < 1.29 is 4.79 Å². The second-order valence-corrected chi connectivity index (χ2v) is 5.20. The van der Waals surface area contributed by atoms with Gasteiger partial charge in [-0.15, -0.1) is 0 Å². The molecule has 1 saturated carbocycles. The zero-order valence-electron chi connectivity index (χ0n) is 11.6. The summed E-state index contributed by atoms with van der Waals surface area (Å²) >= 11 is 0. The Hall–Kier alpha value is -1.50. The Morgan fingerprint density at radius 3 is 2.50 bits per heavy atom. The zero-order chi connectivity index (χ0) is 13.5. The first-order valence-corrected chi connectivity index (χ1v) is 6.69. The van der Waals surface area contributed by atoms with E-state index in [1.165, 1.54) is 25.5 Å². The molecular formula is C14H23N3O. The number of carbonyl (C=O) groups excluding carboxylic acids is 1. The molecule has 0 saturated heterocycles. The molecule has 0 unspecified atom stereocenters. The Labute approximate surface area is 110 Å². The first-order chi connectivity index (χ1) is 8.56. The summed E-state index contributed by atoms with van der Waals surface area (Å²) in [5.74, 6) is -0.169. The smallest absolute Gasteiger partial charge is 0.265 e. The summed E-state index contributed by atoms with van der Waals surface area (Å²) in [7, 11) is 1.80. The van der Waals surface area contributed by atoms with Crippen LogP contribution in [0.2, 0.25) is 0 Å². The van der Waals surface area contributed by atoms with Gasteiger partial charge >= 0.3 is 0 Å². The van der Waals surface area contributed by atoms with Crippen LogP contribution in [0.1, 0.15) is 46.0 Å². The van der Waals surface area contributed by atoms with Crippen LogP contribution in [0.4, 0.5) is 0 Å². The van der Waals surface area contributed by atoms with Gasteiger partial charge < -0.3 is 10.2 Å². The predicted octanol–water partition coefficient (Wildman–Crippen LogP) is 2.18. The van der Waals surface area contributed by atoms with Crippen LogP contribution >= 0.6 is 0 Å². The highest BCUT2D eigenvalue weighted by molar-refractivity contribution is 5.97. The summed E-state index contributed by atoms with van der Waals surface area (Å²) in [4.78, 5) is 13.9. The summed E-state index contributed by atoms with van der Waals surface area (Å²) in [5, 5.41) is 12.1. The molecule has 0 aliphatic heterocycles. The number of hydrogen-bond donors (Lipinski definition) is 1. The third-order valence-corrected chi connectivity index (χ3v) is 3.35. The Kier molecular flexibility index (Phi) is 5.70. The number of hydrogen-bond acceptors (Lipinski definition) is 3. The molecule has 1 rings (SSSR count). The van der Waals surface area contributed by atoms with E-state index in [-0.39, 0.29) is 17.5 Å². The van der Waals surface area contributed by atoms with Gasteiger partial charge in [0.15, 0.2) is 0 Å². The van der Waals surface area contributed by atoms with Gasteiger partial charge in [0.1, 0.15) is 11.6 Å². The Balaban J connectivity index is 2.65. The van der Waals surface area contributed by atoms with Crippen molar-refractivity contribution in [3.8, 4) is 6.07 Å². The Morgan fingerprint density at radius 1 is 1.39 bits per heavy atom. The molecule has 4 heteroatoms. The molecular weight excluding hydrogens is 226 g/mol. The van der Waals surface area contributed by atoms with E-state index in [0.29, 0.717) is 6.04 Å². The summed E-state index contributed by atoms with van der Waals surface area (Å²) in [6.45, 7) is 3.95. The van der Waals surface area contributed by atoms with Gasteiger partial charge in [0, 0.05) is 25.3 Å². The van der Waals surface area contributed by atoms with Crippen LogP contribution in [0, 0.1) is 11.3 Å². The average Bonchev–Trinajstić information content (AvgIpc) is 2.39. The fraction of sp³-hybridized carbons (Fsp3) is 0.714. The molecule has 0 aromatic rings. The van der Waals surface area contributed by atoms with E-state index in [0.717, 1.165) is 12.8 Å². The van der Waals surface area contributed by atoms with Crippen LogP contribution in [0.5, 0.6) is 0 Å². The fourth-order valence-corrected chi connectivity index (χ4v) is 2.22. The molecule has 0 atom stereocenters. The van der Waals surface area contributed by atoms with E-state index in [1.807, 2.05) is 19.9 Å². The molecule has 0 spiro atoms. The maximum Gasteiger partial charge on any atom is 0.265 e. The van der Waals surface area contributed by atoms with E-state index in [1.54, 1.807) is 11.9 Å². The third kappa shape index (κ3) is 4.06. The van der Waals surface area contributed by atoms with Gasteiger partial charge in [-0.25, -0.2) is 0 Å². The lowest BCUT2D eigenvalue weighted by Crippen LogP contribution is -2.39. The standard InChI is InChI=1S/C14H23N3O/c1-11(2)16-10-12(9-15)14(18)17(3)13-7-5-4-6-8-13/h10-11,13,16H,4-8H2,1-3H3/b12-10-. The maximum atomic E-state index is 12.2. The normalized spacial score (nSPS) is 17.4. The molecule has 0 radical (unpaired) electrons. The van der Waals surface area contributed by atoms with Crippen molar-refractivity contribution in [1.82, 2.24) is 10.2 Å². The minimum atomic E-state index is -0.169. The number of amides is 1. The zero-order valence-corrected chi connectivity index (χ0v) is 11.6. The molecule has 0 bridgehead atoms. The van der Waals surface area contributed by atoms with Gasteiger partial charge in [0.25, 0.3) is 5.91 Å². The quantitative estimate of drug-likeness (QED) is 0.613. The topological polar surface area (TPSA) is 56.1 Å². The van der Waals surface area contributed by atoms with E-state index in [4.69, 9.17) is 5.26 Å². The highest BCUT2D eigenvalue weighted by Crippen LogP contribution is 2.22. The third-order valence-electron chi connectivity index (χ3n) is 3.35. The molecule has 4 nitrogen and oxygen atoms in total. The maximum absolute atomic E-state index is 12.2. The minimum absolute atomic E-state index is 0.169. The molecule has 18 heavy (non-hydrogen) atoms. The fourth-order valence-electron chi connectivity index (χ4n) is 2.22. The lowest BCUT2D eigenvalue weighted by Gasteiger charge is -2.31. The number of rotatable bonds is 4. The number of carbonyl (C=O) groups is 1. The molecule has 100 valence electrons. The van der Waals surface area contributed by atoms with Crippen molar-refractivity contribution in [2.45, 2.75) is 58.0 Å². The molecule has 1 N–H and O–H groups in total. The van der Waals surface area contributed by atoms with Gasteiger partial charge in [-0.2, -0.15) is 5.26 Å². The Bertz CT molecular complexity index is 349. The summed E-state index contributed by atoms with van der Waals surface area (Å²) < 4.78 is 0. The lowest BCUT2D eigenvalue weighted by atomic mass is 9.94. The van der Waals surface area contributed by atoms with Crippen molar-refractivity contribution in [2.75, 3.05) is 7.05 Å². The van der Waals surface area contributed by atoms with Gasteiger partial charge in [0.2, 0.25) is 0 Å². The van der Waals surface area contributed by atoms with Crippen molar-refractivity contribution in [2.24, 2.45) is 0 Å². The first-order valence-electron chi connectivity index (χ1n) is 6.69. The predicted molar refractivity (Wildman–Crippen MR) is 71.6 cm³/mol. The van der Waals surface area contributed by atoms with Gasteiger partial charge in [-0.1, -0.05) is 19.3 Å². The Morgan fingerprint density at radius 2 is 2.00 bits per heavy atom. The van der Waals surface area contributed by atoms with Crippen molar-refractivity contribution in [1.29, 1.82) is 5.26 Å². The van der Waals surface area contributed by atoms with E-state index < -0.39 is 0 Å². The number of nitrogens with zero attached hydrogens (tertiary/aromatic N) is 2. The highest BCUT2D eigenvalue weighted by atomic mass is 16.2. The molecule has 1 aliphatic rings. The largest absolute Gasteiger partial charge is 0.387 e. The second-order valence-electron chi connectivity index (χ2n) is 5.20. The lowest BCUT2D eigenvalue weighted by molar-refractivity contribution is -0.128. The monoisotopic (exact) mass is 249 g/mol. The second kappa shape index (κ2) is 7.05. The van der Waals surface area contributed by atoms with Crippen LogP contribution in [-0.4, -0.2) is 29.9 Å². The van der Waals surface area contributed by atoms with Crippen LogP contribution in [0.3, 0.4) is 0 Å². The van der Waals surface area contributed by atoms with E-state index >= 15 is 0 Å². The van der Waals surface area contributed by atoms with Crippen LogP contribution in [-0.2, 0) is 4.79 Å². The highest BCUT2D eigenvalue weighted by Gasteiger charge is 2.24. The van der Waals surface area contributed by atoms with E-state index in [2.05, 4.69) is 5.32 Å². The minimum Gasteiger partial charge on any atom is -0.387 e. The molecule has 1 fully saturated rings. The van der Waals surface area contributed by atoms with Gasteiger partial charge in [-0.3, -0.25) is 4.79 Å². The van der Waals surface area contributed by atoms with Crippen molar-refractivity contribution in [3.05, 3.63) is 11.8 Å². The summed E-state index contributed by atoms with van der Waals surface area (Å²) in [6.07, 6.45) is 7.26. The average molecular weight is 249 g/mol. The van der Waals surface area contributed by atoms with Crippen LogP contribution < -0.4 is 5.32 Å². The molecule has 1 amide bonds. The van der Waals surface area contributed by atoms with Gasteiger partial charge in [0.05, 0.1) is 0 Å².